The van der Waals surface area contributed by atoms with Gasteiger partial charge in [0.15, 0.2) is 0 Å². The molecule has 2 heterocycles. The van der Waals surface area contributed by atoms with Crippen molar-refractivity contribution in [3.05, 3.63) is 54.2 Å². The first-order valence-electron chi connectivity index (χ1n) is 10.4. The molecule has 1 saturated heterocycles. The van der Waals surface area contributed by atoms with Crippen molar-refractivity contribution in [2.75, 3.05) is 18.4 Å². The number of amides is 2. The van der Waals surface area contributed by atoms with Crippen molar-refractivity contribution < 1.29 is 9.22 Å². The minimum atomic E-state index is -1.89. The van der Waals surface area contributed by atoms with Crippen LogP contribution >= 0.6 is 0 Å². The van der Waals surface area contributed by atoms with E-state index < -0.39 is 8.32 Å². The number of hydrogen-bond acceptors (Lipinski definition) is 3. The third kappa shape index (κ3) is 5.38. The molecular formula is C23H33N3O2Si. The lowest BCUT2D eigenvalue weighted by molar-refractivity contribution is 0.194. The Kier molecular flexibility index (Phi) is 6.32. The fraction of sp³-hybridized carbons (Fsp3) is 0.478. The number of piperidine rings is 1. The number of nitrogens with one attached hydrogen (secondary N) is 1. The number of pyridine rings is 1. The Morgan fingerprint density at radius 3 is 2.31 bits per heavy atom. The Balaban J connectivity index is 1.52. The van der Waals surface area contributed by atoms with E-state index in [9.17, 15) is 4.79 Å². The number of urea groups is 1. The van der Waals surface area contributed by atoms with Crippen LogP contribution in [0.4, 0.5) is 10.6 Å². The van der Waals surface area contributed by atoms with Gasteiger partial charge in [-0.2, -0.15) is 0 Å². The third-order valence-corrected chi connectivity index (χ3v) is 10.6. The number of benzene rings is 1. The fourth-order valence-corrected chi connectivity index (χ4v) is 4.31. The van der Waals surface area contributed by atoms with E-state index in [-0.39, 0.29) is 11.1 Å². The first-order valence-corrected chi connectivity index (χ1v) is 13.3. The summed E-state index contributed by atoms with van der Waals surface area (Å²) < 4.78 is 6.25. The van der Waals surface area contributed by atoms with E-state index in [0.717, 1.165) is 31.7 Å². The molecule has 0 saturated carbocycles. The van der Waals surface area contributed by atoms with Crippen molar-refractivity contribution in [3.8, 4) is 5.75 Å². The van der Waals surface area contributed by atoms with Crippen molar-refractivity contribution in [2.24, 2.45) is 0 Å². The van der Waals surface area contributed by atoms with Gasteiger partial charge in [0, 0.05) is 13.1 Å². The quantitative estimate of drug-likeness (QED) is 0.639. The van der Waals surface area contributed by atoms with Gasteiger partial charge in [-0.05, 0) is 54.6 Å². The number of rotatable bonds is 4. The molecule has 1 fully saturated rings. The number of anilines is 1. The van der Waals surface area contributed by atoms with E-state index in [2.05, 4.69) is 68.4 Å². The maximum absolute atomic E-state index is 12.6. The molecule has 0 aliphatic carbocycles. The minimum absolute atomic E-state index is 0.0814. The molecule has 5 nitrogen and oxygen atoms in total. The minimum Gasteiger partial charge on any atom is -0.542 e. The molecule has 1 aromatic heterocycles. The van der Waals surface area contributed by atoms with E-state index in [1.54, 1.807) is 6.20 Å². The highest BCUT2D eigenvalue weighted by atomic mass is 28.4. The van der Waals surface area contributed by atoms with Gasteiger partial charge in [-0.1, -0.05) is 51.1 Å². The second-order valence-corrected chi connectivity index (χ2v) is 14.1. The molecule has 3 rings (SSSR count). The zero-order valence-electron chi connectivity index (χ0n) is 18.2. The molecule has 1 aromatic carbocycles. The first kappa shape index (κ1) is 21.4. The maximum Gasteiger partial charge on any atom is 0.323 e. The van der Waals surface area contributed by atoms with Gasteiger partial charge in [0.05, 0.1) is 6.20 Å². The Bertz CT molecular complexity index is 808. The zero-order valence-corrected chi connectivity index (χ0v) is 19.2. The Labute approximate surface area is 175 Å². The number of carbonyl (C=O) groups is 1. The molecule has 0 spiro atoms. The van der Waals surface area contributed by atoms with Crippen molar-refractivity contribution in [1.29, 1.82) is 0 Å². The van der Waals surface area contributed by atoms with Crippen LogP contribution in [0.1, 0.15) is 45.1 Å². The number of likely N-dealkylation sites (tertiary alicyclic amines) is 1. The summed E-state index contributed by atoms with van der Waals surface area (Å²) >= 11 is 0. The van der Waals surface area contributed by atoms with Crippen molar-refractivity contribution in [2.45, 2.75) is 57.7 Å². The van der Waals surface area contributed by atoms with Crippen LogP contribution in [-0.2, 0) is 0 Å². The molecule has 1 aliphatic heterocycles. The van der Waals surface area contributed by atoms with E-state index in [1.165, 1.54) is 5.56 Å². The van der Waals surface area contributed by atoms with Crippen molar-refractivity contribution >= 4 is 20.2 Å². The van der Waals surface area contributed by atoms with Crippen LogP contribution in [0.2, 0.25) is 18.1 Å². The van der Waals surface area contributed by atoms with Crippen LogP contribution < -0.4 is 9.74 Å². The fourth-order valence-electron chi connectivity index (χ4n) is 3.29. The standard InChI is InChI=1S/C23H33N3O2Si/c1-23(2,3)29(4,5)28-20-11-12-21(24-17-20)25-22(27)26-15-13-19(14-16-26)18-9-7-6-8-10-18/h6-12,17,19H,13-16H2,1-5H3,(H,24,25,27). The molecule has 6 heteroatoms. The van der Waals surface area contributed by atoms with Gasteiger partial charge < -0.3 is 9.33 Å². The summed E-state index contributed by atoms with van der Waals surface area (Å²) in [6, 6.07) is 14.2. The monoisotopic (exact) mass is 411 g/mol. The topological polar surface area (TPSA) is 54.5 Å². The highest BCUT2D eigenvalue weighted by Crippen LogP contribution is 2.37. The Morgan fingerprint density at radius 2 is 1.76 bits per heavy atom. The highest BCUT2D eigenvalue weighted by molar-refractivity contribution is 6.74. The van der Waals surface area contributed by atoms with Crippen molar-refractivity contribution in [1.82, 2.24) is 9.88 Å². The first-order chi connectivity index (χ1) is 13.7. The summed E-state index contributed by atoms with van der Waals surface area (Å²) in [4.78, 5) is 18.9. The lowest BCUT2D eigenvalue weighted by atomic mass is 9.90. The molecule has 0 bridgehead atoms. The average Bonchev–Trinajstić information content (AvgIpc) is 2.69. The number of carbonyl (C=O) groups excluding carboxylic acids is 1. The van der Waals surface area contributed by atoms with Gasteiger partial charge in [-0.15, -0.1) is 0 Å². The summed E-state index contributed by atoms with van der Waals surface area (Å²) in [5, 5.41) is 3.05. The molecule has 156 valence electrons. The molecule has 0 unspecified atom stereocenters. The molecule has 1 aliphatic rings. The van der Waals surface area contributed by atoms with E-state index >= 15 is 0 Å². The van der Waals surface area contributed by atoms with E-state index in [0.29, 0.717) is 11.7 Å². The van der Waals surface area contributed by atoms with Gasteiger partial charge in [0.2, 0.25) is 0 Å². The molecule has 0 atom stereocenters. The smallest absolute Gasteiger partial charge is 0.323 e. The second kappa shape index (κ2) is 8.57. The van der Waals surface area contributed by atoms with Crippen LogP contribution in [0.3, 0.4) is 0 Å². The molecular weight excluding hydrogens is 378 g/mol. The van der Waals surface area contributed by atoms with Crippen LogP contribution in [0.25, 0.3) is 0 Å². The largest absolute Gasteiger partial charge is 0.542 e. The van der Waals surface area contributed by atoms with E-state index in [1.807, 2.05) is 23.1 Å². The SMILES string of the molecule is CC(C)(C)[Si](C)(C)Oc1ccc(NC(=O)N2CCC(c3ccccc3)CC2)nc1. The highest BCUT2D eigenvalue weighted by Gasteiger charge is 2.39. The third-order valence-electron chi connectivity index (χ3n) is 6.20. The van der Waals surface area contributed by atoms with Gasteiger partial charge in [-0.3, -0.25) is 5.32 Å². The number of nitrogens with zero attached hydrogens (tertiary/aromatic N) is 2. The summed E-state index contributed by atoms with van der Waals surface area (Å²) in [5.41, 5.74) is 1.37. The molecule has 1 N–H and O–H groups in total. The zero-order chi connectivity index (χ0) is 21.1. The van der Waals surface area contributed by atoms with Gasteiger partial charge in [-0.25, -0.2) is 9.78 Å². The van der Waals surface area contributed by atoms with Gasteiger partial charge in [0.1, 0.15) is 11.6 Å². The summed E-state index contributed by atoms with van der Waals surface area (Å²) in [5.74, 6) is 1.85. The van der Waals surface area contributed by atoms with Crippen molar-refractivity contribution in [3.63, 3.8) is 0 Å². The molecule has 2 amide bonds. The maximum atomic E-state index is 12.6. The average molecular weight is 412 g/mol. The summed E-state index contributed by atoms with van der Waals surface area (Å²) in [6.07, 6.45) is 3.69. The number of hydrogen-bond donors (Lipinski definition) is 1. The Hall–Kier alpha value is -2.34. The lowest BCUT2D eigenvalue weighted by Crippen LogP contribution is -2.43. The predicted molar refractivity (Wildman–Crippen MR) is 121 cm³/mol. The second-order valence-electron chi connectivity index (χ2n) is 9.34. The predicted octanol–water partition coefficient (Wildman–Crippen LogP) is 5.88. The summed E-state index contributed by atoms with van der Waals surface area (Å²) in [7, 11) is -1.89. The summed E-state index contributed by atoms with van der Waals surface area (Å²) in [6.45, 7) is 12.6. The molecule has 0 radical (unpaired) electrons. The lowest BCUT2D eigenvalue weighted by Gasteiger charge is -2.36. The number of aromatic nitrogens is 1. The van der Waals surface area contributed by atoms with Gasteiger partial charge >= 0.3 is 6.03 Å². The normalized spacial score (nSPS) is 15.8. The Morgan fingerprint density at radius 1 is 1.10 bits per heavy atom. The van der Waals surface area contributed by atoms with Crippen LogP contribution in [0.15, 0.2) is 48.7 Å². The van der Waals surface area contributed by atoms with Crippen LogP contribution in [-0.4, -0.2) is 37.3 Å². The molecule has 29 heavy (non-hydrogen) atoms. The van der Waals surface area contributed by atoms with Crippen LogP contribution in [0.5, 0.6) is 5.75 Å². The molecule has 2 aromatic rings. The van der Waals surface area contributed by atoms with Crippen LogP contribution in [0, 0.1) is 0 Å². The van der Waals surface area contributed by atoms with Gasteiger partial charge in [0.25, 0.3) is 8.32 Å². The van der Waals surface area contributed by atoms with E-state index in [4.69, 9.17) is 4.43 Å².